The fraction of sp³-hybridized carbons (Fsp3) is 0. The smallest absolute Gasteiger partial charge is 0.0620 e. The van der Waals surface area contributed by atoms with Gasteiger partial charge in [0.25, 0.3) is 0 Å². The highest BCUT2D eigenvalue weighted by molar-refractivity contribution is 6.25. The van der Waals surface area contributed by atoms with Crippen LogP contribution in [0.15, 0.2) is 158 Å². The number of nitrogens with zero attached hydrogens (tertiary/aromatic N) is 2. The van der Waals surface area contributed by atoms with Crippen molar-refractivity contribution >= 4 is 59.9 Å². The van der Waals surface area contributed by atoms with Crippen LogP contribution in [-0.4, -0.2) is 8.97 Å². The van der Waals surface area contributed by atoms with Gasteiger partial charge in [0.2, 0.25) is 0 Å². The summed E-state index contributed by atoms with van der Waals surface area (Å²) in [4.78, 5) is 0. The first kappa shape index (κ1) is 23.7. The van der Waals surface area contributed by atoms with E-state index in [-0.39, 0.29) is 0 Å². The molecular formula is C42H26N2. The zero-order chi connectivity index (χ0) is 28.8. The first-order valence-corrected chi connectivity index (χ1v) is 15.2. The van der Waals surface area contributed by atoms with Crippen LogP contribution in [0.2, 0.25) is 0 Å². The minimum absolute atomic E-state index is 1.17. The molecule has 3 aromatic heterocycles. The average molecular weight is 559 g/mol. The maximum absolute atomic E-state index is 2.49. The van der Waals surface area contributed by atoms with Crippen LogP contribution >= 0.6 is 0 Å². The second kappa shape index (κ2) is 8.82. The van der Waals surface area contributed by atoms with Crippen molar-refractivity contribution in [1.29, 1.82) is 0 Å². The second-order valence-electron chi connectivity index (χ2n) is 11.8. The highest BCUT2D eigenvalue weighted by Crippen LogP contribution is 2.43. The molecule has 0 spiro atoms. The van der Waals surface area contributed by atoms with Crippen molar-refractivity contribution in [2.24, 2.45) is 0 Å². The molecule has 0 fully saturated rings. The Hall–Kier alpha value is -5.86. The van der Waals surface area contributed by atoms with Crippen LogP contribution in [-0.2, 0) is 0 Å². The van der Waals surface area contributed by atoms with Gasteiger partial charge in [0, 0.05) is 43.6 Å². The van der Waals surface area contributed by atoms with Crippen LogP contribution in [0.4, 0.5) is 0 Å². The van der Waals surface area contributed by atoms with E-state index in [1.807, 2.05) is 0 Å². The molecule has 10 rings (SSSR count). The zero-order valence-electron chi connectivity index (χ0n) is 23.9. The van der Waals surface area contributed by atoms with Crippen molar-refractivity contribution in [2.45, 2.75) is 0 Å². The number of hydrogen-bond donors (Lipinski definition) is 0. The number of para-hydroxylation sites is 4. The van der Waals surface area contributed by atoms with E-state index >= 15 is 0 Å². The van der Waals surface area contributed by atoms with Crippen LogP contribution < -0.4 is 0 Å². The van der Waals surface area contributed by atoms with Crippen molar-refractivity contribution in [1.82, 2.24) is 8.97 Å². The molecule has 0 amide bonds. The lowest BCUT2D eigenvalue weighted by molar-refractivity contribution is 1.18. The van der Waals surface area contributed by atoms with Crippen LogP contribution in [0.5, 0.6) is 0 Å². The van der Waals surface area contributed by atoms with Crippen molar-refractivity contribution in [2.75, 3.05) is 0 Å². The van der Waals surface area contributed by atoms with Gasteiger partial charge >= 0.3 is 0 Å². The molecular weight excluding hydrogens is 532 g/mol. The number of fused-ring (bicyclic) bond motifs is 9. The van der Waals surface area contributed by atoms with Gasteiger partial charge in [-0.25, -0.2) is 0 Å². The summed E-state index contributed by atoms with van der Waals surface area (Å²) in [6, 6.07) is 57.6. The Morgan fingerprint density at radius 2 is 0.909 bits per heavy atom. The summed E-state index contributed by atoms with van der Waals surface area (Å²) in [6.07, 6.45) is 0. The summed E-state index contributed by atoms with van der Waals surface area (Å²) in [5.74, 6) is 0. The van der Waals surface area contributed by atoms with E-state index in [2.05, 4.69) is 167 Å². The van der Waals surface area contributed by atoms with Crippen LogP contribution in [0.3, 0.4) is 0 Å². The van der Waals surface area contributed by atoms with Crippen molar-refractivity contribution in [3.8, 4) is 27.9 Å². The molecule has 0 atom stereocenters. The number of rotatable bonds is 3. The Morgan fingerprint density at radius 3 is 1.75 bits per heavy atom. The van der Waals surface area contributed by atoms with Gasteiger partial charge < -0.3 is 8.97 Å². The van der Waals surface area contributed by atoms with Gasteiger partial charge in [0.05, 0.1) is 27.6 Å². The normalized spacial score (nSPS) is 12.1. The van der Waals surface area contributed by atoms with Crippen molar-refractivity contribution < 1.29 is 0 Å². The summed E-state index contributed by atoms with van der Waals surface area (Å²) in [7, 11) is 0. The predicted octanol–water partition coefficient (Wildman–Crippen LogP) is 11.3. The van der Waals surface area contributed by atoms with Gasteiger partial charge in [-0.3, -0.25) is 0 Å². The first-order valence-electron chi connectivity index (χ1n) is 15.2. The summed E-state index contributed by atoms with van der Waals surface area (Å²) in [5.41, 5.74) is 12.4. The molecule has 0 aliphatic carbocycles. The topological polar surface area (TPSA) is 9.34 Å². The number of hydrogen-bond acceptors (Lipinski definition) is 0. The molecule has 10 aromatic rings. The third-order valence-electron chi connectivity index (χ3n) is 9.44. The molecule has 0 radical (unpaired) electrons. The third kappa shape index (κ3) is 3.14. The van der Waals surface area contributed by atoms with Gasteiger partial charge in [0.1, 0.15) is 0 Å². The third-order valence-corrected chi connectivity index (χ3v) is 9.44. The molecule has 204 valence electrons. The summed E-state index contributed by atoms with van der Waals surface area (Å²) in [6.45, 7) is 0. The molecule has 3 heterocycles. The molecule has 0 unspecified atom stereocenters. The van der Waals surface area contributed by atoms with Crippen molar-refractivity contribution in [3.05, 3.63) is 158 Å². The molecule has 0 bridgehead atoms. The van der Waals surface area contributed by atoms with Crippen LogP contribution in [0.25, 0.3) is 87.8 Å². The maximum atomic E-state index is 2.49. The number of aromatic nitrogens is 2. The van der Waals surface area contributed by atoms with E-state index in [1.54, 1.807) is 0 Å². The zero-order valence-corrected chi connectivity index (χ0v) is 23.9. The molecule has 0 saturated heterocycles. The van der Waals surface area contributed by atoms with Gasteiger partial charge in [-0.05, 0) is 53.1 Å². The Balaban J connectivity index is 1.25. The Bertz CT molecular complexity index is 2710. The lowest BCUT2D eigenvalue weighted by Gasteiger charge is -2.11. The van der Waals surface area contributed by atoms with Crippen LogP contribution in [0, 0.1) is 0 Å². The summed E-state index contributed by atoms with van der Waals surface area (Å²) >= 11 is 0. The monoisotopic (exact) mass is 558 g/mol. The fourth-order valence-corrected chi connectivity index (χ4v) is 7.58. The molecule has 2 heteroatoms. The summed E-state index contributed by atoms with van der Waals surface area (Å²) in [5, 5.41) is 7.76. The van der Waals surface area contributed by atoms with Crippen LogP contribution in [0.1, 0.15) is 0 Å². The summed E-state index contributed by atoms with van der Waals surface area (Å²) < 4.78 is 4.91. The minimum atomic E-state index is 1.17. The Labute approximate surface area is 254 Å². The highest BCUT2D eigenvalue weighted by atomic mass is 15.0. The van der Waals surface area contributed by atoms with Gasteiger partial charge in [-0.15, -0.1) is 0 Å². The van der Waals surface area contributed by atoms with E-state index < -0.39 is 0 Å². The molecule has 0 N–H and O–H groups in total. The highest BCUT2D eigenvalue weighted by Gasteiger charge is 2.20. The fourth-order valence-electron chi connectivity index (χ4n) is 7.58. The molecule has 0 aliphatic rings. The largest absolute Gasteiger partial charge is 0.309 e. The molecule has 0 saturated carbocycles. The molecule has 0 aliphatic heterocycles. The quantitative estimate of drug-likeness (QED) is 0.204. The van der Waals surface area contributed by atoms with Crippen molar-refractivity contribution in [3.63, 3.8) is 0 Å². The second-order valence-corrected chi connectivity index (χ2v) is 11.8. The van der Waals surface area contributed by atoms with E-state index in [4.69, 9.17) is 0 Å². The van der Waals surface area contributed by atoms with E-state index in [0.717, 1.165) is 0 Å². The Morgan fingerprint density at radius 1 is 0.318 bits per heavy atom. The minimum Gasteiger partial charge on any atom is -0.309 e. The lowest BCUT2D eigenvalue weighted by atomic mass is 9.99. The molecule has 7 aromatic carbocycles. The predicted molar refractivity (Wildman–Crippen MR) is 186 cm³/mol. The Kier molecular flexibility index (Phi) is 4.75. The first-order chi connectivity index (χ1) is 21.8. The van der Waals surface area contributed by atoms with Gasteiger partial charge in [0.15, 0.2) is 0 Å². The average Bonchev–Trinajstić information content (AvgIpc) is 3.74. The molecule has 2 nitrogen and oxygen atoms in total. The maximum Gasteiger partial charge on any atom is 0.0620 e. The standard InChI is InChI=1S/C42H26N2/c1-2-11-27(12-3-1)28-13-8-14-30(25-28)43-38-21-6-5-16-33(38)37-26-29(23-24-40(37)43)31-17-9-19-35-36-20-10-18-34-32-15-4-7-22-39(32)44(41(31)35)42(34)36/h1-26H. The van der Waals surface area contributed by atoms with E-state index in [9.17, 15) is 0 Å². The molecule has 44 heavy (non-hydrogen) atoms. The van der Waals surface area contributed by atoms with E-state index in [0.29, 0.717) is 0 Å². The van der Waals surface area contributed by atoms with Gasteiger partial charge in [-0.2, -0.15) is 0 Å². The van der Waals surface area contributed by atoms with Gasteiger partial charge in [-0.1, -0.05) is 121 Å². The number of benzene rings is 7. The van der Waals surface area contributed by atoms with E-state index in [1.165, 1.54) is 87.8 Å². The lowest BCUT2D eigenvalue weighted by Crippen LogP contribution is -1.94. The SMILES string of the molecule is c1ccc(-c2cccc(-n3c4ccccc4c4cc(-c5cccc6c7cccc8c9ccccc9n(c56)c87)ccc43)c2)cc1.